The lowest BCUT2D eigenvalue weighted by atomic mass is 9.94. The molecule has 1 fully saturated rings. The molecule has 0 spiro atoms. The lowest BCUT2D eigenvalue weighted by Crippen LogP contribution is -2.34. The summed E-state index contributed by atoms with van der Waals surface area (Å²) in [6, 6.07) is 2.87. The number of nitrogens with one attached hydrogen (secondary N) is 1. The number of rotatable bonds is 6. The van der Waals surface area contributed by atoms with Crippen molar-refractivity contribution in [3.8, 4) is 0 Å². The molecule has 0 bridgehead atoms. The van der Waals surface area contributed by atoms with Crippen molar-refractivity contribution in [3.05, 3.63) is 24.0 Å². The van der Waals surface area contributed by atoms with E-state index in [2.05, 4.69) is 35.2 Å². The predicted molar refractivity (Wildman–Crippen MR) is 81.5 cm³/mol. The lowest BCUT2D eigenvalue weighted by Gasteiger charge is -2.34. The van der Waals surface area contributed by atoms with Crippen molar-refractivity contribution in [2.45, 2.75) is 58.0 Å². The smallest absolute Gasteiger partial charge is 0.0442 e. The van der Waals surface area contributed by atoms with Crippen LogP contribution in [0.2, 0.25) is 0 Å². The van der Waals surface area contributed by atoms with Crippen molar-refractivity contribution < 1.29 is 0 Å². The molecule has 0 saturated heterocycles. The quantitative estimate of drug-likeness (QED) is 0.796. The van der Waals surface area contributed by atoms with E-state index >= 15 is 0 Å². The van der Waals surface area contributed by atoms with Gasteiger partial charge >= 0.3 is 0 Å². The van der Waals surface area contributed by atoms with Crippen molar-refractivity contribution in [1.82, 2.24) is 10.3 Å². The summed E-state index contributed by atoms with van der Waals surface area (Å²) < 4.78 is 0. The molecule has 19 heavy (non-hydrogen) atoms. The van der Waals surface area contributed by atoms with Crippen LogP contribution in [-0.2, 0) is 6.54 Å². The summed E-state index contributed by atoms with van der Waals surface area (Å²) in [6.07, 6.45) is 11.9. The Balaban J connectivity index is 2.04. The van der Waals surface area contributed by atoms with Gasteiger partial charge in [-0.1, -0.05) is 26.2 Å². The van der Waals surface area contributed by atoms with Gasteiger partial charge in [0.15, 0.2) is 0 Å². The Kier molecular flexibility index (Phi) is 5.64. The van der Waals surface area contributed by atoms with E-state index < -0.39 is 0 Å². The molecule has 1 N–H and O–H groups in total. The summed E-state index contributed by atoms with van der Waals surface area (Å²) in [5.74, 6) is 0. The van der Waals surface area contributed by atoms with Gasteiger partial charge in [0.05, 0.1) is 0 Å². The van der Waals surface area contributed by atoms with E-state index in [0.29, 0.717) is 6.04 Å². The van der Waals surface area contributed by atoms with Crippen LogP contribution in [0.1, 0.15) is 51.0 Å². The topological polar surface area (TPSA) is 28.2 Å². The fourth-order valence-corrected chi connectivity index (χ4v) is 2.96. The van der Waals surface area contributed by atoms with Gasteiger partial charge in [0, 0.05) is 43.3 Å². The van der Waals surface area contributed by atoms with Crippen molar-refractivity contribution in [3.63, 3.8) is 0 Å². The summed E-state index contributed by atoms with van der Waals surface area (Å²) in [5, 5.41) is 3.48. The molecule has 1 aliphatic rings. The van der Waals surface area contributed by atoms with E-state index in [0.717, 1.165) is 13.1 Å². The highest BCUT2D eigenvalue weighted by atomic mass is 15.1. The van der Waals surface area contributed by atoms with Crippen LogP contribution in [0.3, 0.4) is 0 Å². The second kappa shape index (κ2) is 7.49. The standard InChI is InChI=1S/C16H27N3/c1-3-10-17-12-14-13-18-11-9-16(14)19(2)15-7-5-4-6-8-15/h9,11,13,15,17H,3-8,10,12H2,1-2H3. The Morgan fingerprint density at radius 2 is 2.11 bits per heavy atom. The van der Waals surface area contributed by atoms with Gasteiger partial charge < -0.3 is 10.2 Å². The molecule has 106 valence electrons. The maximum Gasteiger partial charge on any atom is 0.0442 e. The molecule has 0 amide bonds. The highest BCUT2D eigenvalue weighted by Crippen LogP contribution is 2.27. The van der Waals surface area contributed by atoms with Crippen LogP contribution < -0.4 is 10.2 Å². The zero-order chi connectivity index (χ0) is 13.5. The van der Waals surface area contributed by atoms with E-state index in [9.17, 15) is 0 Å². The zero-order valence-electron chi connectivity index (χ0n) is 12.4. The van der Waals surface area contributed by atoms with Gasteiger partial charge in [-0.3, -0.25) is 4.98 Å². The van der Waals surface area contributed by atoms with Gasteiger partial charge in [-0.15, -0.1) is 0 Å². The number of hydrogen-bond acceptors (Lipinski definition) is 3. The van der Waals surface area contributed by atoms with E-state index in [4.69, 9.17) is 0 Å². The van der Waals surface area contributed by atoms with Crippen molar-refractivity contribution >= 4 is 5.69 Å². The molecular weight excluding hydrogens is 234 g/mol. The molecule has 1 aliphatic carbocycles. The predicted octanol–water partition coefficient (Wildman–Crippen LogP) is 3.35. The van der Waals surface area contributed by atoms with Gasteiger partial charge in [0.2, 0.25) is 0 Å². The number of aromatic nitrogens is 1. The van der Waals surface area contributed by atoms with Crippen LogP contribution in [0, 0.1) is 0 Å². The summed E-state index contributed by atoms with van der Waals surface area (Å²) in [4.78, 5) is 6.76. The molecule has 1 saturated carbocycles. The molecule has 2 rings (SSSR count). The highest BCUT2D eigenvalue weighted by molar-refractivity contribution is 5.52. The minimum Gasteiger partial charge on any atom is -0.371 e. The number of pyridine rings is 1. The van der Waals surface area contributed by atoms with Gasteiger partial charge in [-0.2, -0.15) is 0 Å². The first kappa shape index (κ1) is 14.3. The molecule has 0 aromatic carbocycles. The van der Waals surface area contributed by atoms with Crippen molar-refractivity contribution in [2.24, 2.45) is 0 Å². The third kappa shape index (κ3) is 3.93. The lowest BCUT2D eigenvalue weighted by molar-refractivity contribution is 0.427. The monoisotopic (exact) mass is 261 g/mol. The van der Waals surface area contributed by atoms with Crippen LogP contribution >= 0.6 is 0 Å². The zero-order valence-corrected chi connectivity index (χ0v) is 12.4. The number of nitrogens with zero attached hydrogens (tertiary/aromatic N) is 2. The number of anilines is 1. The summed E-state index contributed by atoms with van der Waals surface area (Å²) in [5.41, 5.74) is 2.68. The minimum atomic E-state index is 0.709. The fraction of sp³-hybridized carbons (Fsp3) is 0.688. The molecule has 0 unspecified atom stereocenters. The van der Waals surface area contributed by atoms with Crippen LogP contribution in [0.25, 0.3) is 0 Å². The van der Waals surface area contributed by atoms with Gasteiger partial charge in [-0.05, 0) is 31.9 Å². The molecule has 0 atom stereocenters. The first-order valence-corrected chi connectivity index (χ1v) is 7.69. The Bertz CT molecular complexity index is 372. The Hall–Kier alpha value is -1.09. The van der Waals surface area contributed by atoms with Crippen molar-refractivity contribution in [1.29, 1.82) is 0 Å². The van der Waals surface area contributed by atoms with E-state index in [1.165, 1.54) is 49.8 Å². The normalized spacial score (nSPS) is 16.5. The summed E-state index contributed by atoms with van der Waals surface area (Å²) in [7, 11) is 2.24. The molecular formula is C16H27N3. The maximum atomic E-state index is 4.28. The maximum absolute atomic E-state index is 4.28. The average molecular weight is 261 g/mol. The molecule has 0 aliphatic heterocycles. The molecule has 1 aromatic heterocycles. The van der Waals surface area contributed by atoms with Crippen LogP contribution in [0.15, 0.2) is 18.5 Å². The molecule has 0 radical (unpaired) electrons. The minimum absolute atomic E-state index is 0.709. The molecule has 3 heteroatoms. The van der Waals surface area contributed by atoms with E-state index in [-0.39, 0.29) is 0 Å². The highest BCUT2D eigenvalue weighted by Gasteiger charge is 2.19. The third-order valence-electron chi connectivity index (χ3n) is 4.12. The van der Waals surface area contributed by atoms with Gasteiger partial charge in [0.25, 0.3) is 0 Å². The first-order valence-electron chi connectivity index (χ1n) is 7.69. The SMILES string of the molecule is CCCNCc1cnccc1N(C)C1CCCCC1. The molecule has 1 aromatic rings. The molecule has 3 nitrogen and oxygen atoms in total. The second-order valence-electron chi connectivity index (χ2n) is 5.58. The van der Waals surface area contributed by atoms with Gasteiger partial charge in [0.1, 0.15) is 0 Å². The van der Waals surface area contributed by atoms with Gasteiger partial charge in [-0.25, -0.2) is 0 Å². The summed E-state index contributed by atoms with van der Waals surface area (Å²) >= 11 is 0. The Morgan fingerprint density at radius 1 is 1.32 bits per heavy atom. The largest absolute Gasteiger partial charge is 0.371 e. The van der Waals surface area contributed by atoms with Crippen molar-refractivity contribution in [2.75, 3.05) is 18.5 Å². The average Bonchev–Trinajstić information content (AvgIpc) is 2.48. The number of hydrogen-bond donors (Lipinski definition) is 1. The Morgan fingerprint density at radius 3 is 2.84 bits per heavy atom. The third-order valence-corrected chi connectivity index (χ3v) is 4.12. The first-order chi connectivity index (χ1) is 9.33. The summed E-state index contributed by atoms with van der Waals surface area (Å²) in [6.45, 7) is 4.20. The molecule has 1 heterocycles. The van der Waals surface area contributed by atoms with Crippen LogP contribution in [-0.4, -0.2) is 24.6 Å². The Labute approximate surface area is 117 Å². The fourth-order valence-electron chi connectivity index (χ4n) is 2.96. The van der Waals surface area contributed by atoms with Crippen LogP contribution in [0.5, 0.6) is 0 Å². The van der Waals surface area contributed by atoms with E-state index in [1.807, 2.05) is 12.4 Å². The van der Waals surface area contributed by atoms with Crippen LogP contribution in [0.4, 0.5) is 5.69 Å². The van der Waals surface area contributed by atoms with E-state index in [1.54, 1.807) is 0 Å². The second-order valence-corrected chi connectivity index (χ2v) is 5.58.